The quantitative estimate of drug-likeness (QED) is 0.0345. The monoisotopic (exact) mass is 849 g/mol. The maximum absolute atomic E-state index is 12.8. The molecule has 0 bridgehead atoms. The molecule has 60 heavy (non-hydrogen) atoms. The van der Waals surface area contributed by atoms with E-state index in [0.29, 0.717) is 19.3 Å². The van der Waals surface area contributed by atoms with E-state index in [2.05, 4.69) is 41.5 Å². The number of hydrogen-bond acceptors (Lipinski definition) is 6. The summed E-state index contributed by atoms with van der Waals surface area (Å²) in [6.07, 6.45) is 45.2. The zero-order chi connectivity index (χ0) is 44.2. The second-order valence-electron chi connectivity index (χ2n) is 19.9. The van der Waals surface area contributed by atoms with Gasteiger partial charge in [-0.1, -0.05) is 253 Å². The Hall–Kier alpha value is -1.59. The third-order valence-electron chi connectivity index (χ3n) is 12.1. The molecule has 0 heterocycles. The van der Waals surface area contributed by atoms with Crippen LogP contribution < -0.4 is 0 Å². The van der Waals surface area contributed by atoms with Crippen molar-refractivity contribution in [3.05, 3.63) is 0 Å². The van der Waals surface area contributed by atoms with Crippen LogP contribution in [-0.4, -0.2) is 37.2 Å². The fourth-order valence-corrected chi connectivity index (χ4v) is 8.12. The van der Waals surface area contributed by atoms with E-state index in [-0.39, 0.29) is 31.1 Å². The molecule has 0 aromatic heterocycles. The van der Waals surface area contributed by atoms with Crippen LogP contribution in [0.25, 0.3) is 0 Å². The van der Waals surface area contributed by atoms with Crippen LogP contribution in [0.2, 0.25) is 0 Å². The van der Waals surface area contributed by atoms with Gasteiger partial charge in [0.25, 0.3) is 0 Å². The van der Waals surface area contributed by atoms with Crippen LogP contribution >= 0.6 is 0 Å². The average molecular weight is 849 g/mol. The molecule has 0 saturated carbocycles. The van der Waals surface area contributed by atoms with Gasteiger partial charge in [-0.2, -0.15) is 0 Å². The Morgan fingerprint density at radius 2 is 0.483 bits per heavy atom. The van der Waals surface area contributed by atoms with E-state index in [4.69, 9.17) is 14.2 Å². The Morgan fingerprint density at radius 1 is 0.283 bits per heavy atom. The van der Waals surface area contributed by atoms with E-state index < -0.39 is 6.10 Å². The summed E-state index contributed by atoms with van der Waals surface area (Å²) in [6, 6.07) is 0. The number of carbonyl (C=O) groups is 3. The lowest BCUT2D eigenvalue weighted by atomic mass is 10.0. The molecule has 0 amide bonds. The van der Waals surface area contributed by atoms with Crippen molar-refractivity contribution < 1.29 is 28.6 Å². The molecule has 0 radical (unpaired) electrons. The van der Waals surface area contributed by atoms with Gasteiger partial charge < -0.3 is 14.2 Å². The lowest BCUT2D eigenvalue weighted by Gasteiger charge is -2.18. The Balaban J connectivity index is 4.29. The van der Waals surface area contributed by atoms with Crippen molar-refractivity contribution >= 4 is 17.9 Å². The number of ether oxygens (including phenoxy) is 3. The smallest absolute Gasteiger partial charge is 0.306 e. The molecule has 0 aromatic carbocycles. The van der Waals surface area contributed by atoms with Gasteiger partial charge in [0.1, 0.15) is 13.2 Å². The Labute approximate surface area is 374 Å². The highest BCUT2D eigenvalue weighted by atomic mass is 16.6. The van der Waals surface area contributed by atoms with Gasteiger partial charge in [-0.05, 0) is 37.0 Å². The van der Waals surface area contributed by atoms with Gasteiger partial charge in [0.15, 0.2) is 6.10 Å². The van der Waals surface area contributed by atoms with E-state index >= 15 is 0 Å². The molecule has 356 valence electrons. The van der Waals surface area contributed by atoms with Gasteiger partial charge in [0.2, 0.25) is 0 Å². The van der Waals surface area contributed by atoms with Gasteiger partial charge in [0, 0.05) is 19.3 Å². The molecule has 0 unspecified atom stereocenters. The molecule has 0 aliphatic rings. The van der Waals surface area contributed by atoms with Crippen molar-refractivity contribution in [3.63, 3.8) is 0 Å². The standard InChI is InChI=1S/C54H104O6/c1-48(2)40-34-28-22-16-12-9-7-8-10-14-18-25-31-37-43-52(55)58-46-51(47-59-53(56)44-38-32-26-21-20-24-30-36-42-50(5)6)60-54(57)45-39-33-27-19-15-11-13-17-23-29-35-41-49(3)4/h48-51H,7-47H2,1-6H3/t51-/m0/s1. The number of unbranched alkanes of at least 4 members (excludes halogenated alkanes) is 30. The van der Waals surface area contributed by atoms with Crippen molar-refractivity contribution in [3.8, 4) is 0 Å². The Morgan fingerprint density at radius 3 is 0.717 bits per heavy atom. The lowest BCUT2D eigenvalue weighted by molar-refractivity contribution is -0.167. The summed E-state index contributed by atoms with van der Waals surface area (Å²) >= 11 is 0. The molecule has 6 heteroatoms. The number of esters is 3. The lowest BCUT2D eigenvalue weighted by Crippen LogP contribution is -2.30. The van der Waals surface area contributed by atoms with E-state index in [1.54, 1.807) is 0 Å². The molecule has 0 aromatic rings. The second-order valence-corrected chi connectivity index (χ2v) is 19.9. The summed E-state index contributed by atoms with van der Waals surface area (Å²) in [5, 5.41) is 0. The summed E-state index contributed by atoms with van der Waals surface area (Å²) in [6.45, 7) is 13.7. The molecule has 0 fully saturated rings. The molecule has 0 aliphatic carbocycles. The van der Waals surface area contributed by atoms with E-state index in [9.17, 15) is 14.4 Å². The van der Waals surface area contributed by atoms with Crippen LogP contribution in [0.5, 0.6) is 0 Å². The van der Waals surface area contributed by atoms with Crippen LogP contribution in [0.3, 0.4) is 0 Å². The van der Waals surface area contributed by atoms with Gasteiger partial charge in [-0.15, -0.1) is 0 Å². The molecule has 0 rings (SSSR count). The molecule has 6 nitrogen and oxygen atoms in total. The summed E-state index contributed by atoms with van der Waals surface area (Å²) in [4.78, 5) is 38.0. The molecular formula is C54H104O6. The Bertz CT molecular complexity index is 929. The fourth-order valence-electron chi connectivity index (χ4n) is 8.12. The van der Waals surface area contributed by atoms with E-state index in [1.807, 2.05) is 0 Å². The predicted octanol–water partition coefficient (Wildman–Crippen LogP) is 17.2. The van der Waals surface area contributed by atoms with Crippen molar-refractivity contribution in [1.82, 2.24) is 0 Å². The molecular weight excluding hydrogens is 745 g/mol. The largest absolute Gasteiger partial charge is 0.462 e. The minimum atomic E-state index is -0.763. The van der Waals surface area contributed by atoms with Crippen molar-refractivity contribution in [2.45, 2.75) is 298 Å². The van der Waals surface area contributed by atoms with Gasteiger partial charge >= 0.3 is 17.9 Å². The van der Waals surface area contributed by atoms with Gasteiger partial charge in [0.05, 0.1) is 0 Å². The first-order valence-electron chi connectivity index (χ1n) is 26.6. The highest BCUT2D eigenvalue weighted by Crippen LogP contribution is 2.18. The summed E-state index contributed by atoms with van der Waals surface area (Å²) in [7, 11) is 0. The molecule has 0 aliphatic heterocycles. The van der Waals surface area contributed by atoms with Crippen LogP contribution in [0, 0.1) is 17.8 Å². The van der Waals surface area contributed by atoms with E-state index in [1.165, 1.54) is 173 Å². The number of carbonyl (C=O) groups excluding carboxylic acids is 3. The minimum Gasteiger partial charge on any atom is -0.462 e. The maximum atomic E-state index is 12.8. The second kappa shape index (κ2) is 45.4. The number of hydrogen-bond donors (Lipinski definition) is 0. The van der Waals surface area contributed by atoms with Crippen molar-refractivity contribution in [2.24, 2.45) is 17.8 Å². The van der Waals surface area contributed by atoms with E-state index in [0.717, 1.165) is 75.5 Å². The third kappa shape index (κ3) is 47.5. The highest BCUT2D eigenvalue weighted by Gasteiger charge is 2.19. The number of rotatable bonds is 47. The minimum absolute atomic E-state index is 0.0646. The average Bonchev–Trinajstić information content (AvgIpc) is 3.20. The van der Waals surface area contributed by atoms with Gasteiger partial charge in [-0.3, -0.25) is 14.4 Å². The SMILES string of the molecule is CC(C)CCCCCCCCCCCCCCCCC(=O)OC[C@@H](COC(=O)CCCCCCCCCCC(C)C)OC(=O)CCCCCCCCCCCCCC(C)C. The van der Waals surface area contributed by atoms with Crippen molar-refractivity contribution in [1.29, 1.82) is 0 Å². The fraction of sp³-hybridized carbons (Fsp3) is 0.944. The molecule has 0 N–H and O–H groups in total. The highest BCUT2D eigenvalue weighted by molar-refractivity contribution is 5.71. The summed E-state index contributed by atoms with van der Waals surface area (Å²) in [5.41, 5.74) is 0. The first-order valence-corrected chi connectivity index (χ1v) is 26.6. The zero-order valence-corrected chi connectivity index (χ0v) is 41.3. The normalized spacial score (nSPS) is 12.2. The molecule has 0 saturated heterocycles. The summed E-state index contributed by atoms with van der Waals surface area (Å²) < 4.78 is 16.8. The third-order valence-corrected chi connectivity index (χ3v) is 12.1. The van der Waals surface area contributed by atoms with Crippen LogP contribution in [-0.2, 0) is 28.6 Å². The maximum Gasteiger partial charge on any atom is 0.306 e. The first-order chi connectivity index (χ1) is 29.1. The van der Waals surface area contributed by atoms with Crippen LogP contribution in [0.15, 0.2) is 0 Å². The predicted molar refractivity (Wildman–Crippen MR) is 256 cm³/mol. The van der Waals surface area contributed by atoms with Crippen LogP contribution in [0.1, 0.15) is 292 Å². The Kier molecular flexibility index (Phi) is 44.2. The van der Waals surface area contributed by atoms with Crippen molar-refractivity contribution in [2.75, 3.05) is 13.2 Å². The summed E-state index contributed by atoms with van der Waals surface area (Å²) in [5.74, 6) is 1.61. The topological polar surface area (TPSA) is 78.9 Å². The van der Waals surface area contributed by atoms with Gasteiger partial charge in [-0.25, -0.2) is 0 Å². The molecule has 0 spiro atoms. The molecule has 1 atom stereocenters. The van der Waals surface area contributed by atoms with Crippen LogP contribution in [0.4, 0.5) is 0 Å². The zero-order valence-electron chi connectivity index (χ0n) is 41.3. The first kappa shape index (κ1) is 58.4.